The van der Waals surface area contributed by atoms with Crippen molar-refractivity contribution in [3.63, 3.8) is 0 Å². The van der Waals surface area contributed by atoms with E-state index in [1.165, 1.54) is 6.07 Å². The number of benzene rings is 1. The van der Waals surface area contributed by atoms with E-state index in [0.29, 0.717) is 13.2 Å². The topological polar surface area (TPSA) is 55.5 Å². The summed E-state index contributed by atoms with van der Waals surface area (Å²) in [5.74, 6) is -2.96. The second-order valence-corrected chi connectivity index (χ2v) is 5.25. The lowest BCUT2D eigenvalue weighted by Gasteiger charge is -2.28. The molecule has 0 saturated carbocycles. The minimum Gasteiger partial charge on any atom is -0.505 e. The molecule has 1 aromatic carbocycles. The van der Waals surface area contributed by atoms with E-state index in [2.05, 4.69) is 15.9 Å². The van der Waals surface area contributed by atoms with Crippen molar-refractivity contribution in [1.29, 1.82) is 0 Å². The second kappa shape index (κ2) is 6.83. The van der Waals surface area contributed by atoms with Gasteiger partial charge in [0.15, 0.2) is 11.6 Å². The fraction of sp³-hybridized carbons (Fsp3) is 0.500. The Morgan fingerprint density at radius 2 is 1.89 bits per heavy atom. The highest BCUT2D eigenvalue weighted by molar-refractivity contribution is 9.10. The van der Waals surface area contributed by atoms with E-state index in [-0.39, 0.29) is 28.4 Å². The number of phenolic OH excluding ortho intramolecular Hbond substituents is 1. The first-order chi connectivity index (χ1) is 8.52. The molecule has 1 aliphatic heterocycles. The molecule has 0 radical (unpaired) electrons. The molecule has 1 fully saturated rings. The van der Waals surface area contributed by atoms with Crippen LogP contribution in [0, 0.1) is 17.6 Å². The van der Waals surface area contributed by atoms with Crippen molar-refractivity contribution < 1.29 is 18.6 Å². The van der Waals surface area contributed by atoms with Crippen LogP contribution in [0.3, 0.4) is 0 Å². The highest BCUT2D eigenvalue weighted by atomic mass is 79.9. The molecule has 0 amide bonds. The number of hydrogen-bond donors (Lipinski definition) is 2. The van der Waals surface area contributed by atoms with Gasteiger partial charge in [0.05, 0.1) is 4.47 Å². The van der Waals surface area contributed by atoms with Crippen LogP contribution < -0.4 is 5.73 Å². The zero-order valence-corrected chi connectivity index (χ0v) is 12.4. The molecule has 1 saturated heterocycles. The fourth-order valence-electron chi connectivity index (χ4n) is 2.19. The molecule has 0 bridgehead atoms. The summed E-state index contributed by atoms with van der Waals surface area (Å²) in [6.07, 6.45) is 1.49. The molecule has 7 heteroatoms. The van der Waals surface area contributed by atoms with Crippen molar-refractivity contribution in [2.45, 2.75) is 18.9 Å². The second-order valence-electron chi connectivity index (χ2n) is 4.40. The van der Waals surface area contributed by atoms with E-state index in [4.69, 9.17) is 10.5 Å². The first-order valence-corrected chi connectivity index (χ1v) is 6.51. The van der Waals surface area contributed by atoms with Crippen molar-refractivity contribution in [3.05, 3.63) is 27.7 Å². The monoisotopic (exact) mass is 357 g/mol. The SMILES string of the molecule is Cl.N[C@H](c1cc(Br)c(F)c(F)c1O)C1CCOCC1. The van der Waals surface area contributed by atoms with E-state index in [0.717, 1.165) is 12.8 Å². The number of aromatic hydroxyl groups is 1. The smallest absolute Gasteiger partial charge is 0.201 e. The molecule has 19 heavy (non-hydrogen) atoms. The summed E-state index contributed by atoms with van der Waals surface area (Å²) >= 11 is 2.92. The maximum absolute atomic E-state index is 13.4. The van der Waals surface area contributed by atoms with E-state index in [1.54, 1.807) is 0 Å². The van der Waals surface area contributed by atoms with Gasteiger partial charge in [-0.15, -0.1) is 12.4 Å². The summed E-state index contributed by atoms with van der Waals surface area (Å²) in [5, 5.41) is 9.66. The Morgan fingerprint density at radius 3 is 2.47 bits per heavy atom. The van der Waals surface area contributed by atoms with Gasteiger partial charge in [-0.2, -0.15) is 4.39 Å². The van der Waals surface area contributed by atoms with Crippen molar-refractivity contribution in [2.75, 3.05) is 13.2 Å². The van der Waals surface area contributed by atoms with E-state index in [1.807, 2.05) is 0 Å². The Morgan fingerprint density at radius 1 is 1.32 bits per heavy atom. The van der Waals surface area contributed by atoms with E-state index >= 15 is 0 Å². The standard InChI is InChI=1S/C12H14BrF2NO2.ClH/c13-8-5-7(12(17)10(15)9(8)14)11(16)6-1-3-18-4-2-6;/h5-6,11,17H,1-4,16H2;1H/t11-;/m0./s1. The van der Waals surface area contributed by atoms with Gasteiger partial charge in [-0.05, 0) is 40.8 Å². The van der Waals surface area contributed by atoms with E-state index in [9.17, 15) is 13.9 Å². The zero-order valence-electron chi connectivity index (χ0n) is 10.0. The first kappa shape index (κ1) is 16.6. The summed E-state index contributed by atoms with van der Waals surface area (Å²) < 4.78 is 31.9. The number of nitrogens with two attached hydrogens (primary N) is 1. The molecule has 1 aliphatic rings. The lowest BCUT2D eigenvalue weighted by Crippen LogP contribution is -2.27. The number of halogens is 4. The maximum Gasteiger partial charge on any atom is 0.201 e. The summed E-state index contributed by atoms with van der Waals surface area (Å²) in [4.78, 5) is 0. The van der Waals surface area contributed by atoms with E-state index < -0.39 is 23.4 Å². The van der Waals surface area contributed by atoms with Crippen molar-refractivity contribution in [1.82, 2.24) is 0 Å². The zero-order chi connectivity index (χ0) is 13.3. The molecule has 0 unspecified atom stereocenters. The fourth-order valence-corrected chi connectivity index (χ4v) is 2.61. The minimum atomic E-state index is -1.26. The molecule has 1 heterocycles. The largest absolute Gasteiger partial charge is 0.505 e. The molecule has 0 aromatic heterocycles. The van der Waals surface area contributed by atoms with Crippen LogP contribution in [0.4, 0.5) is 8.78 Å². The first-order valence-electron chi connectivity index (χ1n) is 5.72. The molecule has 0 aliphatic carbocycles. The minimum absolute atomic E-state index is 0. The van der Waals surface area contributed by atoms with Gasteiger partial charge < -0.3 is 15.6 Å². The van der Waals surface area contributed by atoms with Gasteiger partial charge in [0.25, 0.3) is 0 Å². The molecule has 108 valence electrons. The maximum atomic E-state index is 13.4. The molecule has 1 aromatic rings. The third-order valence-corrected chi connectivity index (χ3v) is 3.88. The molecular weight excluding hydrogens is 343 g/mol. The predicted molar refractivity (Wildman–Crippen MR) is 73.4 cm³/mol. The van der Waals surface area contributed by atoms with Crippen molar-refractivity contribution >= 4 is 28.3 Å². The third kappa shape index (κ3) is 3.37. The number of phenols is 1. The molecule has 2 rings (SSSR count). The van der Waals surface area contributed by atoms with Gasteiger partial charge in [0.1, 0.15) is 0 Å². The Hall–Kier alpha value is -0.430. The Labute approximate surface area is 124 Å². The van der Waals surface area contributed by atoms with Crippen LogP contribution in [-0.4, -0.2) is 18.3 Å². The summed E-state index contributed by atoms with van der Waals surface area (Å²) in [6, 6.07) is 0.814. The molecular formula is C12H15BrClF2NO2. The quantitative estimate of drug-likeness (QED) is 0.798. The van der Waals surface area contributed by atoms with Crippen LogP contribution >= 0.6 is 28.3 Å². The van der Waals surface area contributed by atoms with Crippen LogP contribution in [-0.2, 0) is 4.74 Å². The number of ether oxygens (including phenoxy) is 1. The van der Waals surface area contributed by atoms with Gasteiger partial charge in [-0.3, -0.25) is 0 Å². The van der Waals surface area contributed by atoms with Gasteiger partial charge in [0, 0.05) is 24.8 Å². The predicted octanol–water partition coefficient (Wildman–Crippen LogP) is 3.28. The normalized spacial score (nSPS) is 17.9. The Kier molecular flexibility index (Phi) is 5.98. The third-order valence-electron chi connectivity index (χ3n) is 3.30. The van der Waals surface area contributed by atoms with Crippen LogP contribution in [0.15, 0.2) is 10.5 Å². The van der Waals surface area contributed by atoms with Crippen molar-refractivity contribution in [2.24, 2.45) is 11.7 Å². The summed E-state index contributed by atoms with van der Waals surface area (Å²) in [5.41, 5.74) is 6.26. The highest BCUT2D eigenvalue weighted by Crippen LogP contribution is 2.37. The van der Waals surface area contributed by atoms with Gasteiger partial charge in [-0.1, -0.05) is 0 Å². The molecule has 3 nitrogen and oxygen atoms in total. The summed E-state index contributed by atoms with van der Waals surface area (Å²) in [6.45, 7) is 1.20. The van der Waals surface area contributed by atoms with Crippen molar-refractivity contribution in [3.8, 4) is 5.75 Å². The van der Waals surface area contributed by atoms with Crippen LogP contribution in [0.1, 0.15) is 24.4 Å². The molecule has 1 atom stereocenters. The molecule has 0 spiro atoms. The van der Waals surface area contributed by atoms with Gasteiger partial charge in [-0.25, -0.2) is 4.39 Å². The van der Waals surface area contributed by atoms with Crippen LogP contribution in [0.5, 0.6) is 5.75 Å². The summed E-state index contributed by atoms with van der Waals surface area (Å²) in [7, 11) is 0. The number of hydrogen-bond acceptors (Lipinski definition) is 3. The highest BCUT2D eigenvalue weighted by Gasteiger charge is 2.27. The van der Waals surface area contributed by atoms with Crippen LogP contribution in [0.25, 0.3) is 0 Å². The Balaban J connectivity index is 0.00000180. The van der Waals surface area contributed by atoms with Gasteiger partial charge in [0.2, 0.25) is 5.82 Å². The number of rotatable bonds is 2. The lowest BCUT2D eigenvalue weighted by atomic mass is 9.87. The average molecular weight is 359 g/mol. The Bertz CT molecular complexity index is 456. The lowest BCUT2D eigenvalue weighted by molar-refractivity contribution is 0.0580. The van der Waals surface area contributed by atoms with Gasteiger partial charge >= 0.3 is 0 Å². The average Bonchev–Trinajstić information content (AvgIpc) is 2.41. The molecule has 3 N–H and O–H groups in total. The van der Waals surface area contributed by atoms with Crippen LogP contribution in [0.2, 0.25) is 0 Å².